The van der Waals surface area contributed by atoms with Crippen molar-refractivity contribution in [2.45, 2.75) is 26.7 Å². The second-order valence-corrected chi connectivity index (χ2v) is 5.77. The van der Waals surface area contributed by atoms with E-state index in [-0.39, 0.29) is 0 Å². The largest absolute Gasteiger partial charge is 0.329 e. The van der Waals surface area contributed by atoms with Gasteiger partial charge in [0.2, 0.25) is 0 Å². The molecule has 0 atom stereocenters. The number of halogens is 1. The Morgan fingerprint density at radius 3 is 2.53 bits per heavy atom. The summed E-state index contributed by atoms with van der Waals surface area (Å²) >= 11 is 3.46. The van der Waals surface area contributed by atoms with E-state index in [0.717, 1.165) is 21.9 Å². The number of aryl methyl sites for hydroxylation is 1. The summed E-state index contributed by atoms with van der Waals surface area (Å²) < 4.78 is 0.820. The smallest absolute Gasteiger partial charge is 0.137 e. The van der Waals surface area contributed by atoms with Gasteiger partial charge in [0.1, 0.15) is 16.2 Å². The maximum Gasteiger partial charge on any atom is 0.137 e. The van der Waals surface area contributed by atoms with Crippen molar-refractivity contribution in [1.82, 2.24) is 9.97 Å². The van der Waals surface area contributed by atoms with E-state index in [4.69, 9.17) is 0 Å². The fourth-order valence-corrected chi connectivity index (χ4v) is 2.21. The predicted molar refractivity (Wildman–Crippen MR) is 83.1 cm³/mol. The van der Waals surface area contributed by atoms with Crippen LogP contribution in [0.5, 0.6) is 0 Å². The summed E-state index contributed by atoms with van der Waals surface area (Å²) in [4.78, 5) is 11.1. The van der Waals surface area contributed by atoms with Gasteiger partial charge >= 0.3 is 0 Å². The van der Waals surface area contributed by atoms with Crippen LogP contribution in [-0.2, 0) is 0 Å². The lowest BCUT2D eigenvalue weighted by atomic mass is 10.2. The summed E-state index contributed by atoms with van der Waals surface area (Å²) in [6, 6.07) is 10.3. The zero-order chi connectivity index (χ0) is 14.0. The summed E-state index contributed by atoms with van der Waals surface area (Å²) in [5.41, 5.74) is 2.36. The van der Waals surface area contributed by atoms with E-state index in [2.05, 4.69) is 75.8 Å². The van der Waals surface area contributed by atoms with Crippen LogP contribution < -0.4 is 4.90 Å². The van der Waals surface area contributed by atoms with Crippen LogP contribution in [0.15, 0.2) is 34.9 Å². The summed E-state index contributed by atoms with van der Waals surface area (Å²) in [6.07, 6.45) is 0. The van der Waals surface area contributed by atoms with Gasteiger partial charge in [0.15, 0.2) is 0 Å². The Balaban J connectivity index is 2.41. The molecule has 0 bridgehead atoms. The van der Waals surface area contributed by atoms with E-state index in [9.17, 15) is 0 Å². The third kappa shape index (κ3) is 3.32. The maximum atomic E-state index is 4.62. The molecule has 1 aromatic heterocycles. The minimum absolute atomic E-state index is 0.308. The van der Waals surface area contributed by atoms with Crippen LogP contribution in [0, 0.1) is 6.92 Å². The molecule has 2 aromatic rings. The zero-order valence-corrected chi connectivity index (χ0v) is 13.3. The molecule has 0 aliphatic carbocycles. The van der Waals surface area contributed by atoms with Crippen molar-refractivity contribution in [2.24, 2.45) is 0 Å². The molecule has 19 heavy (non-hydrogen) atoms. The lowest BCUT2D eigenvalue weighted by Crippen LogP contribution is -2.13. The average molecular weight is 320 g/mol. The first-order chi connectivity index (χ1) is 8.97. The van der Waals surface area contributed by atoms with Gasteiger partial charge in [0, 0.05) is 24.7 Å². The van der Waals surface area contributed by atoms with Gasteiger partial charge in [-0.05, 0) is 40.5 Å². The van der Waals surface area contributed by atoms with Gasteiger partial charge in [0.25, 0.3) is 0 Å². The Bertz CT molecular complexity index is 581. The number of benzene rings is 1. The molecule has 0 aliphatic rings. The molecule has 0 aliphatic heterocycles. The molecule has 0 radical (unpaired) electrons. The number of nitrogens with zero attached hydrogens (tertiary/aromatic N) is 3. The number of anilines is 2. The van der Waals surface area contributed by atoms with Crippen molar-refractivity contribution in [1.29, 1.82) is 0 Å². The molecular weight excluding hydrogens is 302 g/mol. The predicted octanol–water partition coefficient (Wildman–Crippen LogP) is 4.44. The lowest BCUT2D eigenvalue weighted by molar-refractivity contribution is 0.767. The molecule has 2 rings (SSSR count). The third-order valence-electron chi connectivity index (χ3n) is 2.95. The Morgan fingerprint density at radius 1 is 1.16 bits per heavy atom. The molecule has 1 aromatic carbocycles. The van der Waals surface area contributed by atoms with Gasteiger partial charge in [-0.3, -0.25) is 0 Å². The van der Waals surface area contributed by atoms with E-state index in [0.29, 0.717) is 5.92 Å². The summed E-state index contributed by atoms with van der Waals surface area (Å²) in [5, 5.41) is 0. The van der Waals surface area contributed by atoms with Crippen molar-refractivity contribution in [3.8, 4) is 0 Å². The minimum Gasteiger partial charge on any atom is -0.329 e. The van der Waals surface area contributed by atoms with Crippen LogP contribution in [0.25, 0.3) is 0 Å². The second kappa shape index (κ2) is 5.70. The number of hydrogen-bond acceptors (Lipinski definition) is 3. The molecule has 3 nitrogen and oxygen atoms in total. The van der Waals surface area contributed by atoms with Crippen LogP contribution >= 0.6 is 15.9 Å². The molecule has 0 fully saturated rings. The van der Waals surface area contributed by atoms with Gasteiger partial charge in [-0.15, -0.1) is 0 Å². The van der Waals surface area contributed by atoms with Crippen LogP contribution in [0.3, 0.4) is 0 Å². The van der Waals surface area contributed by atoms with Gasteiger partial charge < -0.3 is 4.90 Å². The molecule has 0 saturated carbocycles. The molecular formula is C15H18BrN3. The highest BCUT2D eigenvalue weighted by molar-refractivity contribution is 9.10. The standard InChI is InChI=1S/C15H18BrN3/c1-10(2)15-17-13(16)9-14(18-15)19(4)12-7-5-6-11(3)8-12/h5-10H,1-4H3. The lowest BCUT2D eigenvalue weighted by Gasteiger charge is -2.20. The third-order valence-corrected chi connectivity index (χ3v) is 3.35. The molecule has 0 unspecified atom stereocenters. The topological polar surface area (TPSA) is 29.0 Å². The van der Waals surface area contributed by atoms with E-state index in [1.54, 1.807) is 0 Å². The van der Waals surface area contributed by atoms with Crippen LogP contribution in [0.1, 0.15) is 31.2 Å². The highest BCUT2D eigenvalue weighted by Crippen LogP contribution is 2.25. The maximum absolute atomic E-state index is 4.62. The molecule has 0 spiro atoms. The molecule has 0 amide bonds. The number of aromatic nitrogens is 2. The SMILES string of the molecule is Cc1cccc(N(C)c2cc(Br)nc(C(C)C)n2)c1. The molecule has 1 heterocycles. The summed E-state index contributed by atoms with van der Waals surface area (Å²) in [7, 11) is 2.02. The quantitative estimate of drug-likeness (QED) is 0.783. The van der Waals surface area contributed by atoms with E-state index >= 15 is 0 Å². The van der Waals surface area contributed by atoms with E-state index < -0.39 is 0 Å². The Hall–Kier alpha value is -1.42. The van der Waals surface area contributed by atoms with Crippen LogP contribution in [-0.4, -0.2) is 17.0 Å². The van der Waals surface area contributed by atoms with E-state index in [1.165, 1.54) is 5.56 Å². The van der Waals surface area contributed by atoms with Crippen molar-refractivity contribution in [3.05, 3.63) is 46.3 Å². The van der Waals surface area contributed by atoms with Crippen molar-refractivity contribution >= 4 is 27.4 Å². The van der Waals surface area contributed by atoms with E-state index in [1.807, 2.05) is 13.1 Å². The first kappa shape index (κ1) is 14.0. The number of hydrogen-bond donors (Lipinski definition) is 0. The number of rotatable bonds is 3. The van der Waals surface area contributed by atoms with Crippen LogP contribution in [0.2, 0.25) is 0 Å². The van der Waals surface area contributed by atoms with Crippen molar-refractivity contribution < 1.29 is 0 Å². The van der Waals surface area contributed by atoms with Gasteiger partial charge in [0.05, 0.1) is 0 Å². The molecule has 100 valence electrons. The normalized spacial score (nSPS) is 10.8. The van der Waals surface area contributed by atoms with Gasteiger partial charge in [-0.2, -0.15) is 0 Å². The highest BCUT2D eigenvalue weighted by atomic mass is 79.9. The fraction of sp³-hybridized carbons (Fsp3) is 0.333. The molecule has 4 heteroatoms. The van der Waals surface area contributed by atoms with Crippen molar-refractivity contribution in [3.63, 3.8) is 0 Å². The first-order valence-electron chi connectivity index (χ1n) is 6.32. The second-order valence-electron chi connectivity index (χ2n) is 4.96. The van der Waals surface area contributed by atoms with Gasteiger partial charge in [-0.1, -0.05) is 26.0 Å². The zero-order valence-electron chi connectivity index (χ0n) is 11.7. The molecule has 0 N–H and O–H groups in total. The monoisotopic (exact) mass is 319 g/mol. The van der Waals surface area contributed by atoms with Crippen LogP contribution in [0.4, 0.5) is 11.5 Å². The van der Waals surface area contributed by atoms with Crippen molar-refractivity contribution in [2.75, 3.05) is 11.9 Å². The fourth-order valence-electron chi connectivity index (χ4n) is 1.82. The Morgan fingerprint density at radius 2 is 1.89 bits per heavy atom. The molecule has 0 saturated heterocycles. The Labute approximate surface area is 122 Å². The summed E-state index contributed by atoms with van der Waals surface area (Å²) in [6.45, 7) is 6.28. The summed E-state index contributed by atoms with van der Waals surface area (Å²) in [5.74, 6) is 2.06. The van der Waals surface area contributed by atoms with Gasteiger partial charge in [-0.25, -0.2) is 9.97 Å². The highest BCUT2D eigenvalue weighted by Gasteiger charge is 2.11. The average Bonchev–Trinajstić information content (AvgIpc) is 2.37. The first-order valence-corrected chi connectivity index (χ1v) is 7.11. The minimum atomic E-state index is 0.308. The Kier molecular flexibility index (Phi) is 4.20.